The number of nitrogens with zero attached hydrogens (tertiary/aromatic N) is 1. The topological polar surface area (TPSA) is 87.5 Å². The number of carbonyl (C=O) groups is 2. The van der Waals surface area contributed by atoms with Gasteiger partial charge in [0, 0.05) is 41.3 Å². The predicted molar refractivity (Wildman–Crippen MR) is 133 cm³/mol. The van der Waals surface area contributed by atoms with Gasteiger partial charge >= 0.3 is 0 Å². The summed E-state index contributed by atoms with van der Waals surface area (Å²) < 4.78 is 0. The molecular weight excluding hydrogens is 412 g/mol. The Morgan fingerprint density at radius 3 is 2.18 bits per heavy atom. The van der Waals surface area contributed by atoms with E-state index in [1.54, 1.807) is 18.2 Å². The first-order chi connectivity index (χ1) is 15.8. The lowest BCUT2D eigenvalue weighted by molar-refractivity contribution is -0.110. The number of carbonyl (C=O) groups excluding carboxylic acids is 2. The van der Waals surface area contributed by atoms with Gasteiger partial charge < -0.3 is 16.4 Å². The fourth-order valence-corrected chi connectivity index (χ4v) is 4.04. The Bertz CT molecular complexity index is 1230. The van der Waals surface area contributed by atoms with Crippen LogP contribution in [0.25, 0.3) is 5.57 Å². The van der Waals surface area contributed by atoms with Gasteiger partial charge in [0.25, 0.3) is 5.91 Å². The zero-order valence-electron chi connectivity index (χ0n) is 19.1. The molecule has 0 saturated heterocycles. The Labute approximate surface area is 194 Å². The van der Waals surface area contributed by atoms with Crippen molar-refractivity contribution in [2.75, 3.05) is 17.7 Å². The molecule has 1 aliphatic rings. The predicted octanol–water partition coefficient (Wildman–Crippen LogP) is 4.52. The molecule has 2 amide bonds. The minimum atomic E-state index is -0.524. The first-order valence-corrected chi connectivity index (χ1v) is 10.9. The zero-order valence-corrected chi connectivity index (χ0v) is 19.1. The van der Waals surface area contributed by atoms with Gasteiger partial charge in [-0.05, 0) is 56.3 Å². The summed E-state index contributed by atoms with van der Waals surface area (Å²) in [5, 5.41) is 6.14. The van der Waals surface area contributed by atoms with Gasteiger partial charge in [-0.2, -0.15) is 0 Å². The average Bonchev–Trinajstić information content (AvgIpc) is 3.11. The molecule has 0 bridgehead atoms. The SMILES string of the molecule is C/C(Nc1ccc(CN(C)Cc2ccc(C)cc2)cc1)=C1/C(=O)Nc2cc(C(N)=O)ccc21. The highest BCUT2D eigenvalue weighted by Crippen LogP contribution is 2.34. The third-order valence-electron chi connectivity index (χ3n) is 5.74. The molecule has 4 N–H and O–H groups in total. The van der Waals surface area contributed by atoms with Gasteiger partial charge in [-0.25, -0.2) is 0 Å². The Balaban J connectivity index is 1.43. The molecule has 1 aliphatic heterocycles. The van der Waals surface area contributed by atoms with Crippen LogP contribution in [0, 0.1) is 6.92 Å². The number of hydrogen-bond donors (Lipinski definition) is 3. The highest BCUT2D eigenvalue weighted by Gasteiger charge is 2.27. The number of amides is 2. The van der Waals surface area contributed by atoms with Crippen LogP contribution in [0.1, 0.15) is 39.5 Å². The van der Waals surface area contributed by atoms with Gasteiger partial charge in [0.15, 0.2) is 0 Å². The second kappa shape index (κ2) is 9.30. The van der Waals surface area contributed by atoms with E-state index in [0.717, 1.165) is 30.0 Å². The summed E-state index contributed by atoms with van der Waals surface area (Å²) in [6, 6.07) is 21.8. The van der Waals surface area contributed by atoms with Gasteiger partial charge in [-0.15, -0.1) is 0 Å². The van der Waals surface area contributed by atoms with Crippen LogP contribution in [-0.2, 0) is 17.9 Å². The van der Waals surface area contributed by atoms with Crippen molar-refractivity contribution in [3.05, 3.63) is 100 Å². The van der Waals surface area contributed by atoms with Gasteiger partial charge in [-0.3, -0.25) is 14.5 Å². The number of nitrogens with one attached hydrogen (secondary N) is 2. The minimum absolute atomic E-state index is 0.203. The van der Waals surface area contributed by atoms with Crippen LogP contribution in [-0.4, -0.2) is 23.8 Å². The molecule has 6 nitrogen and oxygen atoms in total. The molecule has 168 valence electrons. The van der Waals surface area contributed by atoms with E-state index in [4.69, 9.17) is 5.73 Å². The largest absolute Gasteiger partial charge is 0.366 e. The zero-order chi connectivity index (χ0) is 23.5. The summed E-state index contributed by atoms with van der Waals surface area (Å²) in [6.45, 7) is 5.69. The number of anilines is 2. The van der Waals surface area contributed by atoms with Crippen LogP contribution in [0.4, 0.5) is 11.4 Å². The molecule has 33 heavy (non-hydrogen) atoms. The molecule has 0 spiro atoms. The maximum Gasteiger partial charge on any atom is 0.258 e. The maximum atomic E-state index is 12.6. The Morgan fingerprint density at radius 2 is 1.58 bits per heavy atom. The summed E-state index contributed by atoms with van der Waals surface area (Å²) in [6.07, 6.45) is 0. The van der Waals surface area contributed by atoms with E-state index in [9.17, 15) is 9.59 Å². The van der Waals surface area contributed by atoms with Crippen molar-refractivity contribution in [3.8, 4) is 0 Å². The maximum absolute atomic E-state index is 12.6. The van der Waals surface area contributed by atoms with Gasteiger partial charge in [-0.1, -0.05) is 48.0 Å². The Hall–Kier alpha value is -3.90. The average molecular weight is 441 g/mol. The van der Waals surface area contributed by atoms with E-state index in [-0.39, 0.29) is 5.91 Å². The lowest BCUT2D eigenvalue weighted by Gasteiger charge is -2.17. The fourth-order valence-electron chi connectivity index (χ4n) is 4.04. The fraction of sp³-hybridized carbons (Fsp3) is 0.185. The third kappa shape index (κ3) is 5.13. The summed E-state index contributed by atoms with van der Waals surface area (Å²) in [7, 11) is 2.11. The highest BCUT2D eigenvalue weighted by molar-refractivity contribution is 6.32. The number of nitrogens with two attached hydrogens (primary N) is 1. The van der Waals surface area contributed by atoms with Crippen molar-refractivity contribution in [1.82, 2.24) is 4.90 Å². The van der Waals surface area contributed by atoms with Gasteiger partial charge in [0.2, 0.25) is 5.91 Å². The molecule has 0 fully saturated rings. The first kappa shape index (κ1) is 22.3. The Kier molecular flexibility index (Phi) is 6.29. The number of aryl methyl sites for hydroxylation is 1. The number of benzene rings is 3. The molecule has 0 atom stereocenters. The van der Waals surface area contributed by atoms with Crippen LogP contribution in [0.2, 0.25) is 0 Å². The quantitative estimate of drug-likeness (QED) is 0.472. The van der Waals surface area contributed by atoms with Crippen molar-refractivity contribution in [2.45, 2.75) is 26.9 Å². The summed E-state index contributed by atoms with van der Waals surface area (Å²) in [5.41, 5.74) is 13.0. The van der Waals surface area contributed by atoms with Crippen LogP contribution in [0.15, 0.2) is 72.4 Å². The first-order valence-electron chi connectivity index (χ1n) is 10.9. The van der Waals surface area contributed by atoms with Crippen molar-refractivity contribution >= 4 is 28.8 Å². The standard InChI is InChI=1S/C27H28N4O2/c1-17-4-6-19(7-5-17)15-31(3)16-20-8-11-22(12-9-20)29-18(2)25-23-13-10-21(26(28)32)14-24(23)30-27(25)33/h4-14,29H,15-16H2,1-3H3,(H2,28,32)(H,30,33)/b25-18-. The minimum Gasteiger partial charge on any atom is -0.366 e. The normalized spacial score (nSPS) is 14.1. The molecule has 3 aromatic rings. The molecule has 1 heterocycles. The number of allylic oxidation sites excluding steroid dienone is 1. The number of hydrogen-bond acceptors (Lipinski definition) is 4. The van der Waals surface area contributed by atoms with E-state index >= 15 is 0 Å². The Morgan fingerprint density at radius 1 is 0.970 bits per heavy atom. The van der Waals surface area contributed by atoms with Crippen LogP contribution in [0.5, 0.6) is 0 Å². The van der Waals surface area contributed by atoms with Gasteiger partial charge in [0.05, 0.1) is 5.57 Å². The lowest BCUT2D eigenvalue weighted by Crippen LogP contribution is -2.17. The van der Waals surface area contributed by atoms with Crippen LogP contribution >= 0.6 is 0 Å². The van der Waals surface area contributed by atoms with E-state index in [1.807, 2.05) is 19.1 Å². The molecule has 0 aliphatic carbocycles. The smallest absolute Gasteiger partial charge is 0.258 e. The van der Waals surface area contributed by atoms with E-state index in [1.165, 1.54) is 16.7 Å². The van der Waals surface area contributed by atoms with Crippen molar-refractivity contribution in [2.24, 2.45) is 5.73 Å². The molecular formula is C27H28N4O2. The lowest BCUT2D eigenvalue weighted by atomic mass is 10.0. The van der Waals surface area contributed by atoms with Crippen molar-refractivity contribution < 1.29 is 9.59 Å². The van der Waals surface area contributed by atoms with E-state index < -0.39 is 5.91 Å². The van der Waals surface area contributed by atoms with Crippen LogP contribution in [0.3, 0.4) is 0 Å². The number of primary amides is 1. The molecule has 4 rings (SSSR count). The number of fused-ring (bicyclic) bond motifs is 1. The monoisotopic (exact) mass is 440 g/mol. The third-order valence-corrected chi connectivity index (χ3v) is 5.74. The second-order valence-corrected chi connectivity index (χ2v) is 8.56. The summed E-state index contributed by atoms with van der Waals surface area (Å²) >= 11 is 0. The van der Waals surface area contributed by atoms with Crippen molar-refractivity contribution in [1.29, 1.82) is 0 Å². The number of rotatable bonds is 7. The highest BCUT2D eigenvalue weighted by atomic mass is 16.2. The second-order valence-electron chi connectivity index (χ2n) is 8.56. The molecule has 6 heteroatoms. The molecule has 3 aromatic carbocycles. The van der Waals surface area contributed by atoms with Crippen molar-refractivity contribution in [3.63, 3.8) is 0 Å². The molecule has 0 radical (unpaired) electrons. The van der Waals surface area contributed by atoms with E-state index in [2.05, 4.69) is 65.9 Å². The summed E-state index contributed by atoms with van der Waals surface area (Å²) in [4.78, 5) is 26.3. The molecule has 0 saturated carbocycles. The molecule has 0 aromatic heterocycles. The van der Waals surface area contributed by atoms with Crippen LogP contribution < -0.4 is 16.4 Å². The van der Waals surface area contributed by atoms with Gasteiger partial charge in [0.1, 0.15) is 0 Å². The van der Waals surface area contributed by atoms with E-state index in [0.29, 0.717) is 16.8 Å². The summed E-state index contributed by atoms with van der Waals surface area (Å²) in [5.74, 6) is -0.727. The molecule has 0 unspecified atom stereocenters.